The first-order valence-electron chi connectivity index (χ1n) is 5.97. The Kier molecular flexibility index (Phi) is 7.12. The molecule has 0 aromatic heterocycles. The minimum absolute atomic E-state index is 0.572. The van der Waals surface area contributed by atoms with Gasteiger partial charge in [-0.15, -0.1) is 0 Å². The van der Waals surface area contributed by atoms with Gasteiger partial charge in [-0.2, -0.15) is 0 Å². The van der Waals surface area contributed by atoms with E-state index >= 15 is 0 Å². The average Bonchev–Trinajstić information content (AvgIpc) is 2.27. The third-order valence-corrected chi connectivity index (χ3v) is 3.61. The summed E-state index contributed by atoms with van der Waals surface area (Å²) >= 11 is 9.36. The number of benzene rings is 1. The summed E-state index contributed by atoms with van der Waals surface area (Å²) in [5.74, 6) is 0. The highest BCUT2D eigenvalue weighted by molar-refractivity contribution is 9.10. The minimum atomic E-state index is 0.572. The van der Waals surface area contributed by atoms with Crippen molar-refractivity contribution in [1.29, 1.82) is 0 Å². The van der Waals surface area contributed by atoms with E-state index in [0.717, 1.165) is 35.6 Å². The quantitative estimate of drug-likeness (QED) is 0.751. The molecule has 2 N–H and O–H groups in total. The zero-order valence-corrected chi connectivity index (χ0v) is 12.7. The first-order chi connectivity index (χ1) is 8.09. The van der Waals surface area contributed by atoms with Crippen LogP contribution in [0.3, 0.4) is 0 Å². The lowest BCUT2D eigenvalue weighted by Gasteiger charge is -2.09. The van der Waals surface area contributed by atoms with Crippen LogP contribution < -0.4 is 10.6 Å². The van der Waals surface area contributed by atoms with Gasteiger partial charge in [0.25, 0.3) is 0 Å². The predicted molar refractivity (Wildman–Crippen MR) is 78.6 cm³/mol. The number of hydrogen-bond acceptors (Lipinski definition) is 2. The van der Waals surface area contributed by atoms with Gasteiger partial charge in [-0.05, 0) is 53.1 Å². The summed E-state index contributed by atoms with van der Waals surface area (Å²) in [5.41, 5.74) is 1.25. The van der Waals surface area contributed by atoms with Gasteiger partial charge in [-0.1, -0.05) is 31.5 Å². The molecule has 0 spiro atoms. The van der Waals surface area contributed by atoms with Crippen LogP contribution in [0.15, 0.2) is 22.7 Å². The van der Waals surface area contributed by atoms with E-state index < -0.39 is 0 Å². The van der Waals surface area contributed by atoms with Crippen LogP contribution in [0.4, 0.5) is 0 Å². The Morgan fingerprint density at radius 2 is 2.06 bits per heavy atom. The standard InChI is InChI=1S/C13H20BrClN2/c1-10(2)17-7-3-6-16-9-11-4-5-13(15)12(14)8-11/h4-5,8,10,16-17H,3,6-7,9H2,1-2H3. The molecule has 0 atom stereocenters. The van der Waals surface area contributed by atoms with E-state index in [2.05, 4.69) is 46.5 Å². The first kappa shape index (κ1) is 15.0. The third kappa shape index (κ3) is 6.41. The molecule has 1 rings (SSSR count). The van der Waals surface area contributed by atoms with Gasteiger partial charge in [-0.3, -0.25) is 0 Å². The number of hydrogen-bond donors (Lipinski definition) is 2. The molecule has 2 nitrogen and oxygen atoms in total. The van der Waals surface area contributed by atoms with Crippen LogP contribution in [0.25, 0.3) is 0 Å². The highest BCUT2D eigenvalue weighted by Gasteiger charge is 1.98. The molecule has 17 heavy (non-hydrogen) atoms. The molecule has 0 saturated heterocycles. The Labute approximate surface area is 117 Å². The number of rotatable bonds is 7. The maximum atomic E-state index is 5.94. The molecule has 0 saturated carbocycles. The van der Waals surface area contributed by atoms with Crippen LogP contribution in [0.2, 0.25) is 5.02 Å². The Balaban J connectivity index is 2.16. The highest BCUT2D eigenvalue weighted by Crippen LogP contribution is 2.22. The Morgan fingerprint density at radius 3 is 2.71 bits per heavy atom. The number of halogens is 2. The molecule has 0 radical (unpaired) electrons. The summed E-state index contributed by atoms with van der Waals surface area (Å²) in [6.07, 6.45) is 1.15. The fourth-order valence-corrected chi connectivity index (χ4v) is 2.03. The van der Waals surface area contributed by atoms with E-state index in [4.69, 9.17) is 11.6 Å². The van der Waals surface area contributed by atoms with Crippen LogP contribution in [0.5, 0.6) is 0 Å². The molecular formula is C13H20BrClN2. The molecule has 1 aromatic carbocycles. The van der Waals surface area contributed by atoms with Crippen LogP contribution >= 0.6 is 27.5 Å². The summed E-state index contributed by atoms with van der Waals surface area (Å²) in [4.78, 5) is 0. The summed E-state index contributed by atoms with van der Waals surface area (Å²) in [5, 5.41) is 7.57. The molecule has 0 aliphatic rings. The van der Waals surface area contributed by atoms with Crippen LogP contribution in [-0.4, -0.2) is 19.1 Å². The Bertz CT molecular complexity index is 342. The van der Waals surface area contributed by atoms with Crippen LogP contribution in [0, 0.1) is 0 Å². The van der Waals surface area contributed by atoms with Gasteiger partial charge in [-0.25, -0.2) is 0 Å². The van der Waals surface area contributed by atoms with Crippen molar-refractivity contribution >= 4 is 27.5 Å². The van der Waals surface area contributed by atoms with Gasteiger partial charge < -0.3 is 10.6 Å². The van der Waals surface area contributed by atoms with Crippen molar-refractivity contribution in [2.75, 3.05) is 13.1 Å². The van der Waals surface area contributed by atoms with Gasteiger partial charge in [0.2, 0.25) is 0 Å². The van der Waals surface area contributed by atoms with Crippen molar-refractivity contribution in [3.05, 3.63) is 33.3 Å². The molecule has 0 bridgehead atoms. The van der Waals surface area contributed by atoms with E-state index in [9.17, 15) is 0 Å². The maximum absolute atomic E-state index is 5.94. The molecular weight excluding hydrogens is 300 g/mol. The summed E-state index contributed by atoms with van der Waals surface area (Å²) in [6, 6.07) is 6.60. The Hall–Kier alpha value is -0.0900. The topological polar surface area (TPSA) is 24.1 Å². The minimum Gasteiger partial charge on any atom is -0.314 e. The van der Waals surface area contributed by atoms with Crippen LogP contribution in [0.1, 0.15) is 25.8 Å². The lowest BCUT2D eigenvalue weighted by molar-refractivity contribution is 0.547. The van der Waals surface area contributed by atoms with Crippen molar-refractivity contribution in [3.8, 4) is 0 Å². The normalized spacial score (nSPS) is 11.1. The van der Waals surface area contributed by atoms with Crippen molar-refractivity contribution in [3.63, 3.8) is 0 Å². The molecule has 0 heterocycles. The third-order valence-electron chi connectivity index (χ3n) is 2.40. The average molecular weight is 320 g/mol. The highest BCUT2D eigenvalue weighted by atomic mass is 79.9. The molecule has 4 heteroatoms. The summed E-state index contributed by atoms with van der Waals surface area (Å²) in [7, 11) is 0. The van der Waals surface area contributed by atoms with Crippen molar-refractivity contribution < 1.29 is 0 Å². The van der Waals surface area contributed by atoms with Gasteiger partial charge >= 0.3 is 0 Å². The van der Waals surface area contributed by atoms with Gasteiger partial charge in [0, 0.05) is 17.1 Å². The zero-order valence-electron chi connectivity index (χ0n) is 10.4. The van der Waals surface area contributed by atoms with E-state index in [0.29, 0.717) is 6.04 Å². The van der Waals surface area contributed by atoms with Crippen molar-refractivity contribution in [2.45, 2.75) is 32.9 Å². The lowest BCUT2D eigenvalue weighted by Crippen LogP contribution is -2.26. The second-order valence-electron chi connectivity index (χ2n) is 4.39. The van der Waals surface area contributed by atoms with Crippen molar-refractivity contribution in [2.24, 2.45) is 0 Å². The van der Waals surface area contributed by atoms with Gasteiger partial charge in [0.05, 0.1) is 5.02 Å². The zero-order chi connectivity index (χ0) is 12.7. The molecule has 0 unspecified atom stereocenters. The smallest absolute Gasteiger partial charge is 0.0548 e. The van der Waals surface area contributed by atoms with E-state index in [1.807, 2.05) is 12.1 Å². The fraction of sp³-hybridized carbons (Fsp3) is 0.538. The maximum Gasteiger partial charge on any atom is 0.0548 e. The molecule has 0 fully saturated rings. The van der Waals surface area contributed by atoms with E-state index in [1.54, 1.807) is 0 Å². The second kappa shape index (κ2) is 8.09. The monoisotopic (exact) mass is 318 g/mol. The molecule has 0 aliphatic carbocycles. The second-order valence-corrected chi connectivity index (χ2v) is 5.65. The largest absolute Gasteiger partial charge is 0.314 e. The van der Waals surface area contributed by atoms with Crippen LogP contribution in [-0.2, 0) is 6.54 Å². The SMILES string of the molecule is CC(C)NCCCNCc1ccc(Cl)c(Br)c1. The molecule has 0 amide bonds. The van der Waals surface area contributed by atoms with Crippen molar-refractivity contribution in [1.82, 2.24) is 10.6 Å². The summed E-state index contributed by atoms with van der Waals surface area (Å²) < 4.78 is 0.958. The molecule has 1 aromatic rings. The number of nitrogens with one attached hydrogen (secondary N) is 2. The lowest BCUT2D eigenvalue weighted by atomic mass is 10.2. The van der Waals surface area contributed by atoms with Gasteiger partial charge in [0.1, 0.15) is 0 Å². The van der Waals surface area contributed by atoms with Gasteiger partial charge in [0.15, 0.2) is 0 Å². The molecule has 0 aliphatic heterocycles. The van der Waals surface area contributed by atoms with E-state index in [1.165, 1.54) is 5.56 Å². The van der Waals surface area contributed by atoms with E-state index in [-0.39, 0.29) is 0 Å². The molecule has 96 valence electrons. The Morgan fingerprint density at radius 1 is 1.29 bits per heavy atom. The predicted octanol–water partition coefficient (Wildman–Crippen LogP) is 3.58. The first-order valence-corrected chi connectivity index (χ1v) is 7.14. The summed E-state index contributed by atoms with van der Waals surface area (Å²) in [6.45, 7) is 7.31. The fourth-order valence-electron chi connectivity index (χ4n) is 1.49.